The number of carbonyl (C=O) groups is 1. The van der Waals surface area contributed by atoms with Crippen LogP contribution in [0.4, 0.5) is 10.3 Å². The summed E-state index contributed by atoms with van der Waals surface area (Å²) in [6, 6.07) is 11.4. The number of amides is 1. The zero-order chi connectivity index (χ0) is 29.3. The maximum atomic E-state index is 14.5. The van der Waals surface area contributed by atoms with Crippen molar-refractivity contribution in [2.45, 2.75) is 38.0 Å². The van der Waals surface area contributed by atoms with Gasteiger partial charge in [-0.25, -0.2) is 9.37 Å². The lowest BCUT2D eigenvalue weighted by atomic mass is 10.2. The van der Waals surface area contributed by atoms with Crippen molar-refractivity contribution in [3.8, 4) is 0 Å². The number of aliphatic hydroxyl groups excluding tert-OH is 1. The zero-order valence-electron chi connectivity index (χ0n) is 21.5. The Kier molecular flexibility index (Phi) is 10.7. The van der Waals surface area contributed by atoms with Gasteiger partial charge in [-0.15, -0.1) is 0 Å². The maximum Gasteiger partial charge on any atom is 0.336 e. The largest absolute Gasteiger partial charge is 0.394 e. The third-order valence-corrected chi connectivity index (χ3v) is 6.78. The molecule has 5 heterocycles. The van der Waals surface area contributed by atoms with Crippen molar-refractivity contribution in [1.29, 1.82) is 0 Å². The fourth-order valence-electron chi connectivity index (χ4n) is 3.50. The Labute approximate surface area is 227 Å². The highest BCUT2D eigenvalue weighted by Crippen LogP contribution is 2.54. The average molecular weight is 578 g/mol. The first-order chi connectivity index (χ1) is 19.0. The third-order valence-electron chi connectivity index (χ3n) is 5.46. The number of hydrogen-bond acceptors (Lipinski definition) is 9. The summed E-state index contributed by atoms with van der Waals surface area (Å²) < 4.78 is 32.6. The minimum atomic E-state index is -5.00. The van der Waals surface area contributed by atoms with Crippen LogP contribution in [0, 0.1) is 5.92 Å². The Balaban J connectivity index is 0.000000300. The minimum Gasteiger partial charge on any atom is -0.394 e. The smallest absolute Gasteiger partial charge is 0.336 e. The van der Waals surface area contributed by atoms with Gasteiger partial charge in [0.25, 0.3) is 5.56 Å². The summed E-state index contributed by atoms with van der Waals surface area (Å²) in [5.74, 6) is -1.04. The number of aromatic amines is 1. The van der Waals surface area contributed by atoms with E-state index in [0.717, 1.165) is 10.9 Å². The van der Waals surface area contributed by atoms with E-state index in [1.807, 2.05) is 36.4 Å². The van der Waals surface area contributed by atoms with E-state index in [4.69, 9.17) is 4.74 Å². The molecule has 1 saturated heterocycles. The van der Waals surface area contributed by atoms with Crippen LogP contribution in [0.1, 0.15) is 20.1 Å². The van der Waals surface area contributed by atoms with Crippen molar-refractivity contribution >= 4 is 30.6 Å². The standard InChI is InChI=1S/C14H19FN5O7P.2C5H5N/c1-5(2)11(22)18-14-17-10-8(12(23)19-14)16-4-20(10)13-9(28(24,25)26)7(15)6(3-21)27-13;2*1-2-4-6-5-3-1/h4-7,9,13,21H,3H2,1-2H3,(H2,24,25,26)(H2,17,18,19,22,23);2*1-5H/t6-,7+,9-,13-;;/m1../s1. The number of nitrogens with one attached hydrogen (secondary N) is 2. The quantitative estimate of drug-likeness (QED) is 0.216. The van der Waals surface area contributed by atoms with Gasteiger partial charge < -0.3 is 19.6 Å². The first kappa shape index (κ1) is 30.7. The van der Waals surface area contributed by atoms with Crippen molar-refractivity contribution in [2.75, 3.05) is 11.9 Å². The predicted octanol–water partition coefficient (Wildman–Crippen LogP) is 1.65. The molecular formula is C24H29FN7O7P. The van der Waals surface area contributed by atoms with Crippen molar-refractivity contribution in [3.05, 3.63) is 77.9 Å². The molecule has 14 nitrogen and oxygen atoms in total. The second-order valence-electron chi connectivity index (χ2n) is 8.70. The molecule has 1 amide bonds. The SMILES string of the molecule is CC(C)C(=O)Nc1nc2c(ncn2[C@@H]2O[C@H](CO)[C@H](F)[C@H]2P(=O)(O)O)c(=O)[nH]1.c1ccncc1.c1ccncc1. The number of imidazole rings is 1. The number of aromatic nitrogens is 6. The van der Waals surface area contributed by atoms with Gasteiger partial charge in [0.05, 0.1) is 12.9 Å². The highest BCUT2D eigenvalue weighted by Gasteiger charge is 2.54. The van der Waals surface area contributed by atoms with E-state index in [2.05, 4.69) is 30.2 Å². The summed E-state index contributed by atoms with van der Waals surface area (Å²) >= 11 is 0. The van der Waals surface area contributed by atoms with Gasteiger partial charge in [0.2, 0.25) is 11.9 Å². The molecular weight excluding hydrogens is 548 g/mol. The molecule has 214 valence electrons. The van der Waals surface area contributed by atoms with Crippen LogP contribution in [0.25, 0.3) is 11.2 Å². The van der Waals surface area contributed by atoms with Gasteiger partial charge in [0.1, 0.15) is 17.9 Å². The van der Waals surface area contributed by atoms with Gasteiger partial charge in [-0.1, -0.05) is 26.0 Å². The fourth-order valence-corrected chi connectivity index (χ4v) is 4.60. The third kappa shape index (κ3) is 7.83. The maximum absolute atomic E-state index is 14.5. The summed E-state index contributed by atoms with van der Waals surface area (Å²) in [5, 5.41) is 11.6. The summed E-state index contributed by atoms with van der Waals surface area (Å²) in [5.41, 5.74) is -3.02. The number of fused-ring (bicyclic) bond motifs is 1. The number of ether oxygens (including phenoxy) is 1. The van der Waals surface area contributed by atoms with Crippen molar-refractivity contribution in [1.82, 2.24) is 29.5 Å². The summed E-state index contributed by atoms with van der Waals surface area (Å²) in [6.45, 7) is 2.46. The molecule has 4 aromatic heterocycles. The average Bonchev–Trinajstić information content (AvgIpc) is 3.52. The number of pyridine rings is 2. The van der Waals surface area contributed by atoms with Gasteiger partial charge in [-0.3, -0.25) is 39.0 Å². The highest BCUT2D eigenvalue weighted by molar-refractivity contribution is 7.52. The molecule has 0 aliphatic carbocycles. The molecule has 4 aromatic rings. The van der Waals surface area contributed by atoms with Gasteiger partial charge in [-0.2, -0.15) is 4.98 Å². The Bertz CT molecular complexity index is 1380. The van der Waals surface area contributed by atoms with Crippen LogP contribution < -0.4 is 10.9 Å². The van der Waals surface area contributed by atoms with E-state index in [1.165, 1.54) is 0 Å². The van der Waals surface area contributed by atoms with Gasteiger partial charge in [-0.05, 0) is 24.3 Å². The molecule has 1 aliphatic rings. The number of carbonyl (C=O) groups excluding carboxylic acids is 1. The molecule has 4 atom stereocenters. The van der Waals surface area contributed by atoms with Crippen LogP contribution in [-0.2, 0) is 14.1 Å². The molecule has 0 unspecified atom stereocenters. The van der Waals surface area contributed by atoms with E-state index >= 15 is 0 Å². The lowest BCUT2D eigenvalue weighted by Crippen LogP contribution is -2.30. The molecule has 0 bridgehead atoms. The Hall–Kier alpha value is -3.88. The van der Waals surface area contributed by atoms with Gasteiger partial charge in [0.15, 0.2) is 17.4 Å². The Morgan fingerprint density at radius 3 is 2.12 bits per heavy atom. The van der Waals surface area contributed by atoms with Crippen LogP contribution >= 0.6 is 7.60 Å². The number of rotatable bonds is 5. The van der Waals surface area contributed by atoms with Crippen LogP contribution in [-0.4, -0.2) is 74.8 Å². The van der Waals surface area contributed by atoms with Crippen molar-refractivity contribution in [3.63, 3.8) is 0 Å². The molecule has 1 aliphatic heterocycles. The number of hydrogen-bond donors (Lipinski definition) is 5. The zero-order valence-corrected chi connectivity index (χ0v) is 22.4. The van der Waals surface area contributed by atoms with E-state index in [9.17, 15) is 33.4 Å². The molecule has 40 heavy (non-hydrogen) atoms. The topological polar surface area (TPSA) is 205 Å². The van der Waals surface area contributed by atoms with E-state index in [-0.39, 0.29) is 17.1 Å². The second-order valence-corrected chi connectivity index (χ2v) is 10.5. The number of nitrogens with zero attached hydrogens (tertiary/aromatic N) is 5. The highest BCUT2D eigenvalue weighted by atomic mass is 31.2. The summed E-state index contributed by atoms with van der Waals surface area (Å²) in [4.78, 5) is 61.0. The van der Waals surface area contributed by atoms with Crippen molar-refractivity contribution < 1.29 is 33.4 Å². The van der Waals surface area contributed by atoms with Crippen LogP contribution in [0.3, 0.4) is 0 Å². The Morgan fingerprint density at radius 2 is 1.70 bits per heavy atom. The van der Waals surface area contributed by atoms with Crippen LogP contribution in [0.2, 0.25) is 0 Å². The minimum absolute atomic E-state index is 0.169. The molecule has 5 N–H and O–H groups in total. The molecule has 1 fully saturated rings. The summed E-state index contributed by atoms with van der Waals surface area (Å²) in [7, 11) is -5.00. The molecule has 16 heteroatoms. The monoisotopic (exact) mass is 577 g/mol. The molecule has 0 aromatic carbocycles. The van der Waals surface area contributed by atoms with E-state index < -0.39 is 55.7 Å². The molecule has 0 saturated carbocycles. The van der Waals surface area contributed by atoms with Gasteiger partial charge in [0, 0.05) is 30.7 Å². The lowest BCUT2D eigenvalue weighted by Gasteiger charge is -2.21. The van der Waals surface area contributed by atoms with Gasteiger partial charge >= 0.3 is 7.60 Å². The number of H-pyrrole nitrogens is 1. The normalized spacial score (nSPS) is 20.3. The molecule has 0 spiro atoms. The van der Waals surface area contributed by atoms with E-state index in [1.54, 1.807) is 38.6 Å². The summed E-state index contributed by atoms with van der Waals surface area (Å²) in [6.07, 6.45) is 2.83. The number of anilines is 1. The number of aliphatic hydroxyl groups is 1. The first-order valence-corrected chi connectivity index (χ1v) is 13.7. The fraction of sp³-hybridized carbons (Fsp3) is 0.333. The molecule has 0 radical (unpaired) electrons. The lowest BCUT2D eigenvalue weighted by molar-refractivity contribution is -0.118. The predicted molar refractivity (Wildman–Crippen MR) is 142 cm³/mol. The second kappa shape index (κ2) is 14.0. The first-order valence-electron chi connectivity index (χ1n) is 12.0. The van der Waals surface area contributed by atoms with Crippen molar-refractivity contribution in [2.24, 2.45) is 5.92 Å². The van der Waals surface area contributed by atoms with E-state index in [0.29, 0.717) is 0 Å². The molecule has 5 rings (SSSR count). The Morgan fingerprint density at radius 1 is 1.12 bits per heavy atom. The van der Waals surface area contributed by atoms with Crippen LogP contribution in [0.5, 0.6) is 0 Å². The number of alkyl halides is 1. The van der Waals surface area contributed by atoms with Crippen LogP contribution in [0.15, 0.2) is 72.3 Å². The number of halogens is 1.